The molecule has 1 amide bonds. The Kier molecular flexibility index (Phi) is 6.44. The molecule has 3 N–H and O–H groups in total. The SMILES string of the molecule is CS(=O)(=O)Nc1ccccc1CNC(=O)c1ccc(NS(=O)(=O)c2cccs2)cc1. The third-order valence-electron chi connectivity index (χ3n) is 3.91. The van der Waals surface area contributed by atoms with Crippen LogP contribution in [0.3, 0.4) is 0 Å². The maximum Gasteiger partial charge on any atom is 0.271 e. The monoisotopic (exact) mass is 465 g/mol. The van der Waals surface area contributed by atoms with Crippen LogP contribution in [0.4, 0.5) is 11.4 Å². The number of nitrogens with one attached hydrogen (secondary N) is 3. The minimum atomic E-state index is -3.66. The van der Waals surface area contributed by atoms with Crippen LogP contribution in [0.2, 0.25) is 0 Å². The summed E-state index contributed by atoms with van der Waals surface area (Å²) in [5.41, 5.74) is 1.67. The molecule has 8 nitrogen and oxygen atoms in total. The molecule has 1 aromatic heterocycles. The Balaban J connectivity index is 1.65. The van der Waals surface area contributed by atoms with Gasteiger partial charge in [-0.25, -0.2) is 16.8 Å². The Morgan fingerprint density at radius 3 is 2.23 bits per heavy atom. The van der Waals surface area contributed by atoms with Crippen molar-refractivity contribution in [2.75, 3.05) is 15.7 Å². The number of para-hydroxylation sites is 1. The van der Waals surface area contributed by atoms with Crippen LogP contribution < -0.4 is 14.8 Å². The summed E-state index contributed by atoms with van der Waals surface area (Å²) in [6.07, 6.45) is 1.05. The van der Waals surface area contributed by atoms with Gasteiger partial charge in [0.05, 0.1) is 11.9 Å². The van der Waals surface area contributed by atoms with Gasteiger partial charge in [0.15, 0.2) is 0 Å². The molecule has 158 valence electrons. The van der Waals surface area contributed by atoms with Crippen LogP contribution in [0, 0.1) is 0 Å². The van der Waals surface area contributed by atoms with Crippen LogP contribution in [0.25, 0.3) is 0 Å². The molecule has 0 spiro atoms. The van der Waals surface area contributed by atoms with Crippen molar-refractivity contribution in [1.29, 1.82) is 0 Å². The summed E-state index contributed by atoms with van der Waals surface area (Å²) >= 11 is 1.11. The van der Waals surface area contributed by atoms with Crippen molar-refractivity contribution >= 4 is 48.7 Å². The fourth-order valence-electron chi connectivity index (χ4n) is 2.56. The molecular weight excluding hydrogens is 446 g/mol. The van der Waals surface area contributed by atoms with E-state index in [9.17, 15) is 21.6 Å². The molecule has 2 aromatic carbocycles. The first-order valence-corrected chi connectivity index (χ1v) is 12.9. The van der Waals surface area contributed by atoms with E-state index >= 15 is 0 Å². The number of anilines is 2. The van der Waals surface area contributed by atoms with Gasteiger partial charge >= 0.3 is 0 Å². The largest absolute Gasteiger partial charge is 0.348 e. The highest BCUT2D eigenvalue weighted by molar-refractivity contribution is 7.94. The molecule has 3 aromatic rings. The minimum absolute atomic E-state index is 0.115. The molecule has 0 aliphatic rings. The summed E-state index contributed by atoms with van der Waals surface area (Å²) in [5, 5.41) is 4.39. The first kappa shape index (κ1) is 21.8. The van der Waals surface area contributed by atoms with E-state index in [2.05, 4.69) is 14.8 Å². The predicted molar refractivity (Wildman–Crippen MR) is 118 cm³/mol. The molecular formula is C19H19N3O5S3. The lowest BCUT2D eigenvalue weighted by Crippen LogP contribution is -2.23. The lowest BCUT2D eigenvalue weighted by atomic mass is 10.1. The highest BCUT2D eigenvalue weighted by Crippen LogP contribution is 2.21. The molecule has 0 atom stereocenters. The molecule has 0 unspecified atom stereocenters. The summed E-state index contributed by atoms with van der Waals surface area (Å²) in [6, 6.07) is 15.9. The van der Waals surface area contributed by atoms with E-state index in [1.807, 2.05) is 0 Å². The van der Waals surface area contributed by atoms with Crippen molar-refractivity contribution in [3.63, 3.8) is 0 Å². The van der Waals surface area contributed by atoms with Gasteiger partial charge in [0.2, 0.25) is 10.0 Å². The maximum absolute atomic E-state index is 12.4. The average molecular weight is 466 g/mol. The van der Waals surface area contributed by atoms with Crippen LogP contribution in [0.1, 0.15) is 15.9 Å². The maximum atomic E-state index is 12.4. The second-order valence-corrected chi connectivity index (χ2v) is 10.9. The number of hydrogen-bond acceptors (Lipinski definition) is 6. The molecule has 3 rings (SSSR count). The minimum Gasteiger partial charge on any atom is -0.348 e. The van der Waals surface area contributed by atoms with E-state index in [1.165, 1.54) is 30.3 Å². The summed E-state index contributed by atoms with van der Waals surface area (Å²) in [4.78, 5) is 12.4. The molecule has 0 radical (unpaired) electrons. The van der Waals surface area contributed by atoms with Gasteiger partial charge in [-0.3, -0.25) is 14.2 Å². The van der Waals surface area contributed by atoms with Gasteiger partial charge in [-0.05, 0) is 47.3 Å². The number of carbonyl (C=O) groups is 1. The highest BCUT2D eigenvalue weighted by Gasteiger charge is 2.15. The molecule has 0 aliphatic carbocycles. The Labute approximate surface area is 179 Å². The Morgan fingerprint density at radius 1 is 0.900 bits per heavy atom. The van der Waals surface area contributed by atoms with E-state index < -0.39 is 20.0 Å². The molecule has 0 bridgehead atoms. The highest BCUT2D eigenvalue weighted by atomic mass is 32.2. The van der Waals surface area contributed by atoms with Crippen molar-refractivity contribution < 1.29 is 21.6 Å². The van der Waals surface area contributed by atoms with Crippen LogP contribution >= 0.6 is 11.3 Å². The van der Waals surface area contributed by atoms with Gasteiger partial charge in [0, 0.05) is 17.8 Å². The summed E-state index contributed by atoms with van der Waals surface area (Å²) in [6.45, 7) is 0.115. The van der Waals surface area contributed by atoms with Gasteiger partial charge < -0.3 is 5.32 Å². The Morgan fingerprint density at radius 2 is 1.60 bits per heavy atom. The van der Waals surface area contributed by atoms with Crippen LogP contribution in [0.5, 0.6) is 0 Å². The lowest BCUT2D eigenvalue weighted by molar-refractivity contribution is 0.0951. The number of sulfonamides is 2. The van der Waals surface area contributed by atoms with E-state index in [-0.39, 0.29) is 16.7 Å². The third kappa shape index (κ3) is 5.81. The van der Waals surface area contributed by atoms with Crippen molar-refractivity contribution in [1.82, 2.24) is 5.32 Å². The van der Waals surface area contributed by atoms with E-state index in [0.29, 0.717) is 22.5 Å². The zero-order valence-corrected chi connectivity index (χ0v) is 18.3. The molecule has 0 fully saturated rings. The first-order chi connectivity index (χ1) is 14.1. The van der Waals surface area contributed by atoms with Gasteiger partial charge in [-0.15, -0.1) is 11.3 Å². The lowest BCUT2D eigenvalue weighted by Gasteiger charge is -2.12. The number of amides is 1. The zero-order chi connectivity index (χ0) is 21.8. The summed E-state index contributed by atoms with van der Waals surface area (Å²) in [5.74, 6) is -0.378. The normalized spacial score (nSPS) is 11.6. The average Bonchev–Trinajstić information content (AvgIpc) is 3.22. The fourth-order valence-corrected chi connectivity index (χ4v) is 5.21. The number of benzene rings is 2. The quantitative estimate of drug-likeness (QED) is 0.472. The second-order valence-electron chi connectivity index (χ2n) is 6.33. The summed E-state index contributed by atoms with van der Waals surface area (Å²) < 4.78 is 52.5. The molecule has 11 heteroatoms. The standard InChI is InChI=1S/C19H19N3O5S3/c1-29(24,25)22-17-6-3-2-5-15(17)13-20-19(23)14-8-10-16(11-9-14)21-30(26,27)18-7-4-12-28-18/h2-12,21-22H,13H2,1H3,(H,20,23). The van der Waals surface area contributed by atoms with E-state index in [0.717, 1.165) is 17.6 Å². The summed E-state index contributed by atoms with van der Waals surface area (Å²) in [7, 11) is -7.10. The fraction of sp³-hybridized carbons (Fsp3) is 0.105. The number of thiophene rings is 1. The second kappa shape index (κ2) is 8.86. The molecule has 30 heavy (non-hydrogen) atoms. The Bertz CT molecular complexity index is 1240. The topological polar surface area (TPSA) is 121 Å². The smallest absolute Gasteiger partial charge is 0.271 e. The van der Waals surface area contributed by atoms with Gasteiger partial charge in [0.1, 0.15) is 4.21 Å². The van der Waals surface area contributed by atoms with Gasteiger partial charge in [0.25, 0.3) is 15.9 Å². The van der Waals surface area contributed by atoms with Crippen molar-refractivity contribution in [2.45, 2.75) is 10.8 Å². The number of hydrogen-bond donors (Lipinski definition) is 3. The van der Waals surface area contributed by atoms with Crippen LogP contribution in [-0.4, -0.2) is 29.0 Å². The number of carbonyl (C=O) groups excluding carboxylic acids is 1. The van der Waals surface area contributed by atoms with E-state index in [1.54, 1.807) is 35.7 Å². The van der Waals surface area contributed by atoms with Crippen molar-refractivity contribution in [2.24, 2.45) is 0 Å². The van der Waals surface area contributed by atoms with Crippen LogP contribution in [0.15, 0.2) is 70.3 Å². The predicted octanol–water partition coefficient (Wildman–Crippen LogP) is 2.85. The first-order valence-electron chi connectivity index (χ1n) is 8.64. The van der Waals surface area contributed by atoms with Crippen LogP contribution in [-0.2, 0) is 26.6 Å². The third-order valence-corrected chi connectivity index (χ3v) is 7.28. The number of rotatable bonds is 8. The van der Waals surface area contributed by atoms with Gasteiger partial charge in [-0.2, -0.15) is 0 Å². The van der Waals surface area contributed by atoms with Crippen molar-refractivity contribution in [3.8, 4) is 0 Å². The molecule has 0 saturated heterocycles. The zero-order valence-electron chi connectivity index (χ0n) is 15.8. The van der Waals surface area contributed by atoms with Crippen molar-refractivity contribution in [3.05, 3.63) is 77.2 Å². The van der Waals surface area contributed by atoms with Gasteiger partial charge in [-0.1, -0.05) is 24.3 Å². The Hall–Kier alpha value is -2.89. The molecule has 0 saturated carbocycles. The van der Waals surface area contributed by atoms with E-state index in [4.69, 9.17) is 0 Å². The molecule has 0 aliphatic heterocycles. The molecule has 1 heterocycles.